The van der Waals surface area contributed by atoms with Crippen LogP contribution in [-0.4, -0.2) is 60.3 Å². The van der Waals surface area contributed by atoms with Gasteiger partial charge in [0.05, 0.1) is 20.3 Å². The van der Waals surface area contributed by atoms with E-state index in [1.54, 1.807) is 12.1 Å². The zero-order valence-corrected chi connectivity index (χ0v) is 15.0. The lowest BCUT2D eigenvalue weighted by Gasteiger charge is -2.27. The quantitative estimate of drug-likeness (QED) is 0.390. The number of methoxy groups -OCH3 is 1. The van der Waals surface area contributed by atoms with Gasteiger partial charge in [0.1, 0.15) is 5.57 Å². The summed E-state index contributed by atoms with van der Waals surface area (Å²) >= 11 is 4.79. The number of hydrogen-bond donors (Lipinski definition) is 3. The maximum atomic E-state index is 12.0. The average molecular weight is 377 g/mol. The van der Waals surface area contributed by atoms with Crippen LogP contribution in [0.25, 0.3) is 6.08 Å². The molecule has 8 nitrogen and oxygen atoms in total. The van der Waals surface area contributed by atoms with Gasteiger partial charge in [0, 0.05) is 25.2 Å². The fourth-order valence-corrected chi connectivity index (χ4v) is 3.01. The summed E-state index contributed by atoms with van der Waals surface area (Å²) in [5.74, 6) is -0.823. The molecule has 0 aliphatic carbocycles. The van der Waals surface area contributed by atoms with Crippen LogP contribution in [0.3, 0.4) is 0 Å². The molecule has 3 N–H and O–H groups in total. The SMILES string of the molecule is COc1cc(C=C2C(=O)NC(=S)NC2=O)cc(CN2CCOCC2)c1O. The molecule has 2 aliphatic heterocycles. The predicted octanol–water partition coefficient (Wildman–Crippen LogP) is 0.147. The van der Waals surface area contributed by atoms with Crippen LogP contribution in [0.15, 0.2) is 17.7 Å². The number of aromatic hydroxyl groups is 1. The Morgan fingerprint density at radius 2 is 1.92 bits per heavy atom. The number of rotatable bonds is 4. The van der Waals surface area contributed by atoms with Gasteiger partial charge in [-0.15, -0.1) is 0 Å². The van der Waals surface area contributed by atoms with Crippen LogP contribution >= 0.6 is 12.2 Å². The van der Waals surface area contributed by atoms with Gasteiger partial charge >= 0.3 is 0 Å². The summed E-state index contributed by atoms with van der Waals surface area (Å²) in [5, 5.41) is 15.2. The molecule has 0 unspecified atom stereocenters. The standard InChI is InChI=1S/C17H19N3O5S/c1-24-13-8-10(7-12-15(22)18-17(26)19-16(12)23)6-11(14(13)21)9-20-2-4-25-5-3-20/h6-8,21H,2-5,9H2,1H3,(H2,18,19,22,23,26). The number of morpholine rings is 1. The zero-order chi connectivity index (χ0) is 18.7. The Morgan fingerprint density at radius 1 is 1.27 bits per heavy atom. The first-order valence-corrected chi connectivity index (χ1v) is 8.47. The summed E-state index contributed by atoms with van der Waals surface area (Å²) in [5.41, 5.74) is 1.14. The molecule has 1 aromatic carbocycles. The number of phenols is 1. The molecule has 0 spiro atoms. The number of nitrogens with one attached hydrogen (secondary N) is 2. The van der Waals surface area contributed by atoms with E-state index in [0.717, 1.165) is 13.1 Å². The van der Waals surface area contributed by atoms with Crippen LogP contribution in [0.4, 0.5) is 0 Å². The van der Waals surface area contributed by atoms with E-state index < -0.39 is 11.8 Å². The van der Waals surface area contributed by atoms with Gasteiger partial charge in [0.25, 0.3) is 11.8 Å². The van der Waals surface area contributed by atoms with Gasteiger partial charge in [0.2, 0.25) is 0 Å². The molecular weight excluding hydrogens is 358 g/mol. The number of carbonyl (C=O) groups excluding carboxylic acids is 2. The van der Waals surface area contributed by atoms with Crippen molar-refractivity contribution >= 4 is 35.2 Å². The Kier molecular flexibility index (Phi) is 5.50. The van der Waals surface area contributed by atoms with E-state index in [1.807, 2.05) is 0 Å². The van der Waals surface area contributed by atoms with Crippen LogP contribution in [0.2, 0.25) is 0 Å². The van der Waals surface area contributed by atoms with Crippen molar-refractivity contribution in [2.24, 2.45) is 0 Å². The van der Waals surface area contributed by atoms with E-state index in [9.17, 15) is 14.7 Å². The number of hydrogen-bond acceptors (Lipinski definition) is 7. The predicted molar refractivity (Wildman–Crippen MR) is 97.6 cm³/mol. The Labute approximate surface area is 155 Å². The highest BCUT2D eigenvalue weighted by atomic mass is 32.1. The molecule has 2 amide bonds. The van der Waals surface area contributed by atoms with Gasteiger partial charge in [-0.05, 0) is 36.0 Å². The zero-order valence-electron chi connectivity index (χ0n) is 14.2. The van der Waals surface area contributed by atoms with Crippen molar-refractivity contribution in [3.63, 3.8) is 0 Å². The van der Waals surface area contributed by atoms with Crippen LogP contribution in [-0.2, 0) is 20.9 Å². The first kappa shape index (κ1) is 18.3. The van der Waals surface area contributed by atoms with Crippen LogP contribution in [0, 0.1) is 0 Å². The Morgan fingerprint density at radius 3 is 2.54 bits per heavy atom. The van der Waals surface area contributed by atoms with E-state index in [0.29, 0.717) is 30.9 Å². The lowest BCUT2D eigenvalue weighted by molar-refractivity contribution is -0.123. The number of carbonyl (C=O) groups is 2. The van der Waals surface area contributed by atoms with Gasteiger partial charge < -0.3 is 14.6 Å². The van der Waals surface area contributed by atoms with Gasteiger partial charge in [0.15, 0.2) is 16.6 Å². The van der Waals surface area contributed by atoms with Crippen LogP contribution in [0.5, 0.6) is 11.5 Å². The second-order valence-corrected chi connectivity index (χ2v) is 6.32. The molecule has 138 valence electrons. The Bertz CT molecular complexity index is 765. The normalized spacial score (nSPS) is 18.3. The van der Waals surface area contributed by atoms with Crippen molar-refractivity contribution in [3.8, 4) is 11.5 Å². The monoisotopic (exact) mass is 377 g/mol. The molecule has 0 radical (unpaired) electrons. The van der Waals surface area contributed by atoms with E-state index in [4.69, 9.17) is 21.7 Å². The van der Waals surface area contributed by atoms with Crippen molar-refractivity contribution in [2.45, 2.75) is 6.54 Å². The number of phenolic OH excluding ortho intramolecular Hbond substituents is 1. The number of benzene rings is 1. The van der Waals surface area contributed by atoms with Gasteiger partial charge in [-0.3, -0.25) is 25.1 Å². The van der Waals surface area contributed by atoms with E-state index in [2.05, 4.69) is 15.5 Å². The van der Waals surface area contributed by atoms with E-state index in [-0.39, 0.29) is 22.2 Å². The molecule has 0 atom stereocenters. The summed E-state index contributed by atoms with van der Waals surface area (Å²) < 4.78 is 10.6. The summed E-state index contributed by atoms with van der Waals surface area (Å²) in [7, 11) is 1.45. The molecule has 0 aromatic heterocycles. The minimum atomic E-state index is -0.569. The third-order valence-electron chi connectivity index (χ3n) is 4.15. The molecule has 2 saturated heterocycles. The third-order valence-corrected chi connectivity index (χ3v) is 4.35. The highest BCUT2D eigenvalue weighted by Crippen LogP contribution is 2.33. The Balaban J connectivity index is 1.93. The minimum Gasteiger partial charge on any atom is -0.504 e. The van der Waals surface area contributed by atoms with Crippen molar-refractivity contribution in [3.05, 3.63) is 28.8 Å². The molecule has 0 bridgehead atoms. The second-order valence-electron chi connectivity index (χ2n) is 5.91. The van der Waals surface area contributed by atoms with Crippen molar-refractivity contribution in [1.29, 1.82) is 0 Å². The van der Waals surface area contributed by atoms with Crippen LogP contribution < -0.4 is 15.4 Å². The smallest absolute Gasteiger partial charge is 0.263 e. The molecule has 2 aliphatic rings. The summed E-state index contributed by atoms with van der Waals surface area (Å²) in [4.78, 5) is 26.2. The first-order valence-electron chi connectivity index (χ1n) is 8.06. The van der Waals surface area contributed by atoms with E-state index >= 15 is 0 Å². The highest BCUT2D eigenvalue weighted by Gasteiger charge is 2.26. The first-order chi connectivity index (χ1) is 12.5. The second kappa shape index (κ2) is 7.81. The van der Waals surface area contributed by atoms with E-state index in [1.165, 1.54) is 13.2 Å². The molecule has 2 heterocycles. The fourth-order valence-electron chi connectivity index (χ4n) is 2.82. The number of ether oxygens (including phenoxy) is 2. The summed E-state index contributed by atoms with van der Waals surface area (Å²) in [6.45, 7) is 3.31. The van der Waals surface area contributed by atoms with Gasteiger partial charge in [-0.25, -0.2) is 0 Å². The minimum absolute atomic E-state index is 0.0200. The molecular formula is C17H19N3O5S. The maximum absolute atomic E-state index is 12.0. The van der Waals surface area contributed by atoms with Crippen LogP contribution in [0.1, 0.15) is 11.1 Å². The summed E-state index contributed by atoms with van der Waals surface area (Å²) in [6, 6.07) is 3.30. The molecule has 2 fully saturated rings. The molecule has 26 heavy (non-hydrogen) atoms. The molecule has 9 heteroatoms. The number of nitrogens with zero attached hydrogens (tertiary/aromatic N) is 1. The van der Waals surface area contributed by atoms with Gasteiger partial charge in [-0.1, -0.05) is 0 Å². The third kappa shape index (κ3) is 4.01. The largest absolute Gasteiger partial charge is 0.504 e. The Hall–Kier alpha value is -2.49. The lowest BCUT2D eigenvalue weighted by atomic mass is 10.0. The average Bonchev–Trinajstić information content (AvgIpc) is 2.61. The van der Waals surface area contributed by atoms with Crippen molar-refractivity contribution < 1.29 is 24.2 Å². The maximum Gasteiger partial charge on any atom is 0.263 e. The number of amides is 2. The molecule has 0 saturated carbocycles. The van der Waals surface area contributed by atoms with Gasteiger partial charge in [-0.2, -0.15) is 0 Å². The van der Waals surface area contributed by atoms with Crippen molar-refractivity contribution in [1.82, 2.24) is 15.5 Å². The fraction of sp³-hybridized carbons (Fsp3) is 0.353. The topological polar surface area (TPSA) is 100 Å². The lowest BCUT2D eigenvalue weighted by Crippen LogP contribution is -2.51. The molecule has 1 aromatic rings. The number of thiocarbonyl (C=S) groups is 1. The molecule has 3 rings (SSSR count). The summed E-state index contributed by atoms with van der Waals surface area (Å²) in [6.07, 6.45) is 1.44. The van der Waals surface area contributed by atoms with Crippen molar-refractivity contribution in [2.75, 3.05) is 33.4 Å². The highest BCUT2D eigenvalue weighted by molar-refractivity contribution is 7.80.